The second-order valence-electron chi connectivity index (χ2n) is 6.45. The van der Waals surface area contributed by atoms with Gasteiger partial charge in [-0.25, -0.2) is 13.2 Å². The molecule has 1 aromatic rings. The highest BCUT2D eigenvalue weighted by Crippen LogP contribution is 2.12. The first-order valence-corrected chi connectivity index (χ1v) is 10.9. The van der Waals surface area contributed by atoms with Gasteiger partial charge in [0, 0.05) is 6.04 Å². The Morgan fingerprint density at radius 2 is 2.08 bits per heavy atom. The van der Waals surface area contributed by atoms with Gasteiger partial charge in [0.1, 0.15) is 6.04 Å². The minimum Gasteiger partial charge on any atom is -0.454 e. The van der Waals surface area contributed by atoms with Crippen LogP contribution in [-0.2, 0) is 24.2 Å². The van der Waals surface area contributed by atoms with E-state index < -0.39 is 40.4 Å². The molecular weight excluding hydrogens is 380 g/mol. The van der Waals surface area contributed by atoms with Crippen molar-refractivity contribution in [3.8, 4) is 0 Å². The molecule has 2 heterocycles. The van der Waals surface area contributed by atoms with E-state index in [4.69, 9.17) is 4.74 Å². The number of ether oxygens (including phenoxy) is 1. The lowest BCUT2D eigenvalue weighted by Crippen LogP contribution is -2.46. The minimum atomic E-state index is -3.10. The van der Waals surface area contributed by atoms with E-state index in [0.717, 1.165) is 0 Å². The molecule has 0 spiro atoms. The zero-order valence-corrected chi connectivity index (χ0v) is 16.2. The molecule has 2 N–H and O–H groups in total. The molecule has 2 atom stereocenters. The van der Waals surface area contributed by atoms with Crippen LogP contribution in [0.4, 0.5) is 0 Å². The number of thiophene rings is 1. The normalized spacial score (nSPS) is 19.7. The highest BCUT2D eigenvalue weighted by molar-refractivity contribution is 7.91. The molecule has 1 aliphatic heterocycles. The number of hydrogen-bond acceptors (Lipinski definition) is 7. The maximum Gasteiger partial charge on any atom is 0.329 e. The lowest BCUT2D eigenvalue weighted by Gasteiger charge is -2.20. The second-order valence-corrected chi connectivity index (χ2v) is 9.62. The zero-order chi connectivity index (χ0) is 19.3. The van der Waals surface area contributed by atoms with Gasteiger partial charge in [0.25, 0.3) is 11.8 Å². The van der Waals surface area contributed by atoms with Crippen LogP contribution in [0.2, 0.25) is 0 Å². The Kier molecular flexibility index (Phi) is 6.76. The van der Waals surface area contributed by atoms with Gasteiger partial charge in [0.05, 0.1) is 16.4 Å². The highest BCUT2D eigenvalue weighted by Gasteiger charge is 2.30. The third-order valence-corrected chi connectivity index (χ3v) is 6.53. The topological polar surface area (TPSA) is 119 Å². The fraction of sp³-hybridized carbons (Fsp3) is 0.562. The molecule has 0 saturated carbocycles. The first-order valence-electron chi connectivity index (χ1n) is 8.19. The van der Waals surface area contributed by atoms with Crippen molar-refractivity contribution in [3.63, 3.8) is 0 Å². The quantitative estimate of drug-likeness (QED) is 0.635. The van der Waals surface area contributed by atoms with Crippen molar-refractivity contribution in [2.75, 3.05) is 18.1 Å². The van der Waals surface area contributed by atoms with Gasteiger partial charge in [-0.3, -0.25) is 9.59 Å². The Labute approximate surface area is 156 Å². The molecule has 1 saturated heterocycles. The third-order valence-electron chi connectivity index (χ3n) is 3.90. The van der Waals surface area contributed by atoms with Crippen LogP contribution in [0.1, 0.15) is 29.9 Å². The molecule has 1 fully saturated rings. The summed E-state index contributed by atoms with van der Waals surface area (Å²) >= 11 is 1.25. The second kappa shape index (κ2) is 8.63. The molecular formula is C16H22N2O6S2. The summed E-state index contributed by atoms with van der Waals surface area (Å²) in [5, 5.41) is 6.91. The SMILES string of the molecule is CC(C)[C@H](NC(=O)c1cccs1)C(=O)OCC(=O)N[C@@H]1CCS(=O)(=O)C1. The van der Waals surface area contributed by atoms with E-state index in [0.29, 0.717) is 11.3 Å². The Morgan fingerprint density at radius 3 is 2.62 bits per heavy atom. The molecule has 0 aliphatic carbocycles. The Balaban J connectivity index is 1.83. The molecule has 0 bridgehead atoms. The van der Waals surface area contributed by atoms with Crippen LogP contribution in [0, 0.1) is 5.92 Å². The van der Waals surface area contributed by atoms with E-state index in [1.807, 2.05) is 0 Å². The lowest BCUT2D eigenvalue weighted by atomic mass is 10.0. The molecule has 26 heavy (non-hydrogen) atoms. The smallest absolute Gasteiger partial charge is 0.329 e. The van der Waals surface area contributed by atoms with Gasteiger partial charge in [0.2, 0.25) is 0 Å². The van der Waals surface area contributed by atoms with Gasteiger partial charge in [-0.2, -0.15) is 0 Å². The Bertz CT molecular complexity index is 758. The van der Waals surface area contributed by atoms with E-state index in [2.05, 4.69) is 10.6 Å². The van der Waals surface area contributed by atoms with Crippen LogP contribution in [-0.4, -0.2) is 56.4 Å². The van der Waals surface area contributed by atoms with Crippen molar-refractivity contribution in [1.29, 1.82) is 0 Å². The molecule has 0 aromatic carbocycles. The third kappa shape index (κ3) is 5.80. The van der Waals surface area contributed by atoms with Crippen molar-refractivity contribution < 1.29 is 27.5 Å². The summed E-state index contributed by atoms with van der Waals surface area (Å²) in [6.45, 7) is 2.99. The summed E-state index contributed by atoms with van der Waals surface area (Å²) in [4.78, 5) is 36.7. The summed E-state index contributed by atoms with van der Waals surface area (Å²) in [5.74, 6) is -1.93. The molecule has 8 nitrogen and oxygen atoms in total. The van der Waals surface area contributed by atoms with Crippen LogP contribution >= 0.6 is 11.3 Å². The fourth-order valence-corrected chi connectivity index (χ4v) is 4.82. The standard InChI is InChI=1S/C16H22N2O6S2/c1-10(2)14(18-15(20)12-4-3-6-25-12)16(21)24-8-13(19)17-11-5-7-26(22,23)9-11/h3-4,6,10-11,14H,5,7-9H2,1-2H3,(H,17,19)(H,18,20)/t11-,14+/m1/s1. The van der Waals surface area contributed by atoms with Crippen LogP contribution in [0.25, 0.3) is 0 Å². The van der Waals surface area contributed by atoms with Crippen molar-refractivity contribution in [2.45, 2.75) is 32.4 Å². The molecule has 144 valence electrons. The van der Waals surface area contributed by atoms with Gasteiger partial charge in [-0.05, 0) is 23.8 Å². The number of nitrogens with one attached hydrogen (secondary N) is 2. The molecule has 1 aliphatic rings. The number of carbonyl (C=O) groups is 3. The number of carbonyl (C=O) groups excluding carboxylic acids is 3. The van der Waals surface area contributed by atoms with Crippen LogP contribution < -0.4 is 10.6 Å². The number of esters is 1. The summed E-state index contributed by atoms with van der Waals surface area (Å²) < 4.78 is 27.7. The fourth-order valence-electron chi connectivity index (χ4n) is 2.52. The Morgan fingerprint density at radius 1 is 1.35 bits per heavy atom. The molecule has 1 aromatic heterocycles. The summed E-state index contributed by atoms with van der Waals surface area (Å²) in [6, 6.07) is 2.04. The predicted molar refractivity (Wildman–Crippen MR) is 96.6 cm³/mol. The average molecular weight is 402 g/mol. The zero-order valence-electron chi connectivity index (χ0n) is 14.6. The molecule has 10 heteroatoms. The van der Waals surface area contributed by atoms with Gasteiger partial charge < -0.3 is 15.4 Å². The number of sulfone groups is 1. The van der Waals surface area contributed by atoms with Crippen molar-refractivity contribution in [3.05, 3.63) is 22.4 Å². The van der Waals surface area contributed by atoms with Crippen molar-refractivity contribution in [1.82, 2.24) is 10.6 Å². The van der Waals surface area contributed by atoms with Crippen LogP contribution in [0.15, 0.2) is 17.5 Å². The molecule has 0 unspecified atom stereocenters. The maximum atomic E-state index is 12.2. The van der Waals surface area contributed by atoms with E-state index in [1.54, 1.807) is 31.4 Å². The summed E-state index contributed by atoms with van der Waals surface area (Å²) in [7, 11) is -3.10. The first-order chi connectivity index (χ1) is 12.2. The van der Waals surface area contributed by atoms with E-state index >= 15 is 0 Å². The van der Waals surface area contributed by atoms with Crippen molar-refractivity contribution >= 4 is 39.0 Å². The van der Waals surface area contributed by atoms with E-state index in [9.17, 15) is 22.8 Å². The van der Waals surface area contributed by atoms with E-state index in [-0.39, 0.29) is 23.3 Å². The first kappa shape index (κ1) is 20.4. The predicted octanol–water partition coefficient (Wildman–Crippen LogP) is 0.349. The largest absolute Gasteiger partial charge is 0.454 e. The Hall–Kier alpha value is -1.94. The van der Waals surface area contributed by atoms with Crippen LogP contribution in [0.3, 0.4) is 0 Å². The van der Waals surface area contributed by atoms with Crippen LogP contribution in [0.5, 0.6) is 0 Å². The molecule has 2 amide bonds. The van der Waals surface area contributed by atoms with E-state index in [1.165, 1.54) is 11.3 Å². The van der Waals surface area contributed by atoms with Gasteiger partial charge in [0.15, 0.2) is 16.4 Å². The summed E-state index contributed by atoms with van der Waals surface area (Å²) in [5.41, 5.74) is 0. The maximum absolute atomic E-state index is 12.2. The molecule has 0 radical (unpaired) electrons. The van der Waals surface area contributed by atoms with Gasteiger partial charge in [-0.1, -0.05) is 19.9 Å². The summed E-state index contributed by atoms with van der Waals surface area (Å²) in [6.07, 6.45) is 0.355. The monoisotopic (exact) mass is 402 g/mol. The average Bonchev–Trinajstić information content (AvgIpc) is 3.19. The van der Waals surface area contributed by atoms with Crippen molar-refractivity contribution in [2.24, 2.45) is 5.92 Å². The number of hydrogen-bond donors (Lipinski definition) is 2. The number of rotatable bonds is 7. The molecule has 2 rings (SSSR count). The number of amides is 2. The minimum absolute atomic E-state index is 0.0436. The lowest BCUT2D eigenvalue weighted by molar-refractivity contribution is -0.151. The van der Waals surface area contributed by atoms with Gasteiger partial charge >= 0.3 is 5.97 Å². The highest BCUT2D eigenvalue weighted by atomic mass is 32.2. The van der Waals surface area contributed by atoms with Gasteiger partial charge in [-0.15, -0.1) is 11.3 Å².